The van der Waals surface area contributed by atoms with Crippen molar-refractivity contribution in [2.24, 2.45) is 0 Å². The largest absolute Gasteiger partial charge is 0.507 e. The second-order valence-electron chi connectivity index (χ2n) is 4.84. The van der Waals surface area contributed by atoms with Gasteiger partial charge in [-0.25, -0.2) is 4.39 Å². The molecule has 0 aromatic heterocycles. The molecule has 0 aliphatic carbocycles. The lowest BCUT2D eigenvalue weighted by molar-refractivity contribution is 0.102. The van der Waals surface area contributed by atoms with Crippen LogP contribution in [0.25, 0.3) is 0 Å². The second-order valence-corrected chi connectivity index (χ2v) is 4.84. The Kier molecular flexibility index (Phi) is 3.74. The van der Waals surface area contributed by atoms with Gasteiger partial charge < -0.3 is 10.4 Å². The van der Waals surface area contributed by atoms with E-state index in [1.165, 1.54) is 12.1 Å². The Hall–Kier alpha value is -2.36. The highest BCUT2D eigenvalue weighted by Crippen LogP contribution is 2.28. The number of benzene rings is 2. The number of carbonyl (C=O) groups excluding carboxylic acids is 1. The lowest BCUT2D eigenvalue weighted by Gasteiger charge is -2.12. The lowest BCUT2D eigenvalue weighted by Crippen LogP contribution is -2.14. The molecule has 0 spiro atoms. The van der Waals surface area contributed by atoms with E-state index in [1.54, 1.807) is 39.0 Å². The molecule has 0 saturated carbocycles. The van der Waals surface area contributed by atoms with E-state index in [2.05, 4.69) is 5.32 Å². The molecule has 20 heavy (non-hydrogen) atoms. The number of anilines is 1. The minimum atomic E-state index is -0.559. The van der Waals surface area contributed by atoms with Crippen molar-refractivity contribution in [3.05, 3.63) is 58.4 Å². The zero-order valence-electron chi connectivity index (χ0n) is 11.6. The average Bonchev–Trinajstić information content (AvgIpc) is 2.39. The van der Waals surface area contributed by atoms with Crippen LogP contribution in [0.15, 0.2) is 30.3 Å². The molecule has 2 aromatic rings. The van der Waals surface area contributed by atoms with E-state index >= 15 is 0 Å². The Bertz CT molecular complexity index is 680. The van der Waals surface area contributed by atoms with Crippen LogP contribution in [-0.4, -0.2) is 11.0 Å². The first-order valence-corrected chi connectivity index (χ1v) is 6.27. The summed E-state index contributed by atoms with van der Waals surface area (Å²) in [6.45, 7) is 5.23. The standard InChI is InChI=1S/C16H16FNO2/c1-9-4-6-12(13(17)8-9)16(20)18-14-7-5-10(2)15(19)11(14)3/h4-8,19H,1-3H3,(H,18,20). The molecule has 2 rings (SSSR count). The van der Waals surface area contributed by atoms with Crippen molar-refractivity contribution in [1.29, 1.82) is 0 Å². The Morgan fingerprint density at radius 3 is 2.50 bits per heavy atom. The van der Waals surface area contributed by atoms with Gasteiger partial charge in [0.2, 0.25) is 0 Å². The van der Waals surface area contributed by atoms with Crippen molar-refractivity contribution in [2.45, 2.75) is 20.8 Å². The summed E-state index contributed by atoms with van der Waals surface area (Å²) in [5, 5.41) is 12.5. The third kappa shape index (κ3) is 2.64. The monoisotopic (exact) mass is 273 g/mol. The summed E-state index contributed by atoms with van der Waals surface area (Å²) in [4.78, 5) is 12.1. The molecule has 3 nitrogen and oxygen atoms in total. The number of halogens is 1. The number of hydrogen-bond acceptors (Lipinski definition) is 2. The van der Waals surface area contributed by atoms with Crippen molar-refractivity contribution in [1.82, 2.24) is 0 Å². The summed E-state index contributed by atoms with van der Waals surface area (Å²) in [6, 6.07) is 7.83. The van der Waals surface area contributed by atoms with Gasteiger partial charge in [0, 0.05) is 11.3 Å². The van der Waals surface area contributed by atoms with Gasteiger partial charge >= 0.3 is 0 Å². The number of aromatic hydroxyl groups is 1. The summed E-state index contributed by atoms with van der Waals surface area (Å²) in [7, 11) is 0. The summed E-state index contributed by atoms with van der Waals surface area (Å²) < 4.78 is 13.7. The number of amides is 1. The van der Waals surface area contributed by atoms with E-state index in [0.717, 1.165) is 11.1 Å². The summed E-state index contributed by atoms with van der Waals surface area (Å²) in [5.74, 6) is -0.961. The fraction of sp³-hybridized carbons (Fsp3) is 0.188. The number of phenolic OH excluding ortho intramolecular Hbond substituents is 1. The summed E-state index contributed by atoms with van der Waals surface area (Å²) in [6.07, 6.45) is 0. The van der Waals surface area contributed by atoms with Crippen molar-refractivity contribution < 1.29 is 14.3 Å². The maximum absolute atomic E-state index is 13.7. The zero-order chi connectivity index (χ0) is 14.9. The fourth-order valence-electron chi connectivity index (χ4n) is 1.96. The number of aryl methyl sites for hydroxylation is 2. The first-order chi connectivity index (χ1) is 9.40. The van der Waals surface area contributed by atoms with Crippen LogP contribution in [0.4, 0.5) is 10.1 Å². The second kappa shape index (κ2) is 5.33. The van der Waals surface area contributed by atoms with Gasteiger partial charge in [-0.3, -0.25) is 4.79 Å². The molecule has 0 aliphatic heterocycles. The van der Waals surface area contributed by atoms with Crippen LogP contribution in [0.1, 0.15) is 27.0 Å². The van der Waals surface area contributed by atoms with Crippen LogP contribution in [-0.2, 0) is 0 Å². The van der Waals surface area contributed by atoms with Gasteiger partial charge in [-0.1, -0.05) is 12.1 Å². The number of hydrogen-bond donors (Lipinski definition) is 2. The number of rotatable bonds is 2. The van der Waals surface area contributed by atoms with Crippen LogP contribution < -0.4 is 5.32 Å². The molecule has 0 radical (unpaired) electrons. The van der Waals surface area contributed by atoms with E-state index in [9.17, 15) is 14.3 Å². The smallest absolute Gasteiger partial charge is 0.258 e. The fourth-order valence-corrected chi connectivity index (χ4v) is 1.96. The molecule has 0 unspecified atom stereocenters. The highest BCUT2D eigenvalue weighted by Gasteiger charge is 2.14. The van der Waals surface area contributed by atoms with Crippen molar-refractivity contribution in [3.63, 3.8) is 0 Å². The van der Waals surface area contributed by atoms with Crippen molar-refractivity contribution in [2.75, 3.05) is 5.32 Å². The highest BCUT2D eigenvalue weighted by molar-refractivity contribution is 6.05. The SMILES string of the molecule is Cc1ccc(C(=O)Nc2ccc(C)c(O)c2C)c(F)c1. The summed E-state index contributed by atoms with van der Waals surface area (Å²) >= 11 is 0. The highest BCUT2D eigenvalue weighted by atomic mass is 19.1. The third-order valence-corrected chi connectivity index (χ3v) is 3.25. The minimum Gasteiger partial charge on any atom is -0.507 e. The van der Waals surface area contributed by atoms with Crippen molar-refractivity contribution >= 4 is 11.6 Å². The van der Waals surface area contributed by atoms with Gasteiger partial charge in [-0.2, -0.15) is 0 Å². The Labute approximate surface area is 117 Å². The van der Waals surface area contributed by atoms with Crippen molar-refractivity contribution in [3.8, 4) is 5.75 Å². The van der Waals surface area contributed by atoms with Gasteiger partial charge in [0.15, 0.2) is 0 Å². The molecule has 2 aromatic carbocycles. The third-order valence-electron chi connectivity index (χ3n) is 3.25. The van der Waals surface area contributed by atoms with Crippen LogP contribution in [0, 0.1) is 26.6 Å². The van der Waals surface area contributed by atoms with E-state index in [0.29, 0.717) is 11.3 Å². The number of carbonyl (C=O) groups is 1. The first-order valence-electron chi connectivity index (χ1n) is 6.27. The number of nitrogens with one attached hydrogen (secondary N) is 1. The molecule has 0 heterocycles. The van der Waals surface area contributed by atoms with E-state index in [4.69, 9.17) is 0 Å². The first kappa shape index (κ1) is 14.1. The van der Waals surface area contributed by atoms with Crippen LogP contribution in [0.5, 0.6) is 5.75 Å². The maximum Gasteiger partial charge on any atom is 0.258 e. The number of phenols is 1. The average molecular weight is 273 g/mol. The van der Waals surface area contributed by atoms with Gasteiger partial charge in [-0.05, 0) is 50.1 Å². The Morgan fingerprint density at radius 1 is 1.15 bits per heavy atom. The topological polar surface area (TPSA) is 49.3 Å². The van der Waals surface area contributed by atoms with E-state index in [1.807, 2.05) is 0 Å². The Morgan fingerprint density at radius 2 is 1.85 bits per heavy atom. The quantitative estimate of drug-likeness (QED) is 0.876. The van der Waals surface area contributed by atoms with Gasteiger partial charge in [0.05, 0.1) is 5.56 Å². The van der Waals surface area contributed by atoms with E-state index < -0.39 is 11.7 Å². The molecule has 0 bridgehead atoms. The molecule has 0 fully saturated rings. The van der Waals surface area contributed by atoms with Gasteiger partial charge in [0.25, 0.3) is 5.91 Å². The molecule has 1 amide bonds. The van der Waals surface area contributed by atoms with Crippen LogP contribution in [0.3, 0.4) is 0 Å². The lowest BCUT2D eigenvalue weighted by atomic mass is 10.1. The predicted octanol–water partition coefficient (Wildman–Crippen LogP) is 3.71. The summed E-state index contributed by atoms with van der Waals surface area (Å²) in [5.41, 5.74) is 2.49. The molecule has 4 heteroatoms. The molecule has 0 aliphatic rings. The maximum atomic E-state index is 13.7. The van der Waals surface area contributed by atoms with Crippen LogP contribution >= 0.6 is 0 Å². The molecule has 2 N–H and O–H groups in total. The zero-order valence-corrected chi connectivity index (χ0v) is 11.6. The normalized spacial score (nSPS) is 10.4. The molecule has 0 saturated heterocycles. The Balaban J connectivity index is 2.30. The van der Waals surface area contributed by atoms with Crippen LogP contribution in [0.2, 0.25) is 0 Å². The van der Waals surface area contributed by atoms with Gasteiger partial charge in [0.1, 0.15) is 11.6 Å². The molecule has 0 atom stereocenters. The molecular formula is C16H16FNO2. The molecular weight excluding hydrogens is 257 g/mol. The minimum absolute atomic E-state index is 0.0185. The predicted molar refractivity (Wildman–Crippen MR) is 76.7 cm³/mol. The van der Waals surface area contributed by atoms with E-state index in [-0.39, 0.29) is 11.3 Å². The molecule has 104 valence electrons. The van der Waals surface area contributed by atoms with Gasteiger partial charge in [-0.15, -0.1) is 0 Å².